The molecular formula is C28H19ClNO4S3-. The predicted octanol–water partition coefficient (Wildman–Crippen LogP) is 6.87. The zero-order chi connectivity index (χ0) is 25.8. The van der Waals surface area contributed by atoms with E-state index in [9.17, 15) is 13.5 Å². The lowest BCUT2D eigenvalue weighted by Gasteiger charge is -2.14. The van der Waals surface area contributed by atoms with E-state index >= 15 is 0 Å². The predicted molar refractivity (Wildman–Crippen MR) is 149 cm³/mol. The minimum atomic E-state index is -4.03. The highest BCUT2D eigenvalue weighted by atomic mass is 35.5. The number of rotatable bonds is 8. The van der Waals surface area contributed by atoms with Gasteiger partial charge in [-0.3, -0.25) is 0 Å². The molecule has 0 aliphatic rings. The van der Waals surface area contributed by atoms with Crippen LogP contribution in [0.3, 0.4) is 0 Å². The van der Waals surface area contributed by atoms with Gasteiger partial charge in [0.2, 0.25) is 0 Å². The third-order valence-electron chi connectivity index (χ3n) is 5.48. The second-order valence-electron chi connectivity index (χ2n) is 7.96. The fraction of sp³-hybridized carbons (Fsp3) is 0.0357. The number of benzene rings is 3. The van der Waals surface area contributed by atoms with E-state index in [1.807, 2.05) is 53.9 Å². The Kier molecular flexibility index (Phi) is 7.43. The SMILES string of the molecule is O=S(=O)(/N=C(\[O-])c1ccc(-c2sccc2-c2cc(Cl)ccc2OCc2ccccc2)cc1)c1cccs1. The van der Waals surface area contributed by atoms with Crippen LogP contribution in [-0.4, -0.2) is 14.3 Å². The standard InChI is InChI=1S/C28H20ClNO4S3/c29-22-12-13-25(34-18-19-5-2-1-3-6-19)24(17-22)23-14-16-36-27(23)20-8-10-21(11-9-20)28(31)30-37(32,33)26-7-4-15-35-26/h1-17H,18H2,(H,30,31)/p-1. The monoisotopic (exact) mass is 564 g/mol. The Bertz CT molecular complexity index is 1640. The van der Waals surface area contributed by atoms with Crippen molar-refractivity contribution in [2.45, 2.75) is 10.8 Å². The fourth-order valence-corrected chi connectivity index (χ4v) is 6.67. The average molecular weight is 565 g/mol. The molecule has 0 aliphatic carbocycles. The van der Waals surface area contributed by atoms with Gasteiger partial charge in [-0.05, 0) is 57.8 Å². The van der Waals surface area contributed by atoms with Crippen molar-refractivity contribution in [3.8, 4) is 27.3 Å². The molecule has 0 spiro atoms. The summed E-state index contributed by atoms with van der Waals surface area (Å²) in [6.45, 7) is 0.420. The first-order chi connectivity index (χ1) is 17.9. The highest BCUT2D eigenvalue weighted by molar-refractivity contribution is 7.92. The molecule has 0 bridgehead atoms. The van der Waals surface area contributed by atoms with E-state index in [0.29, 0.717) is 17.4 Å². The Labute approximate surface area is 228 Å². The molecule has 5 rings (SSSR count). The number of thiophene rings is 2. The van der Waals surface area contributed by atoms with Gasteiger partial charge in [0.1, 0.15) is 16.6 Å². The molecule has 2 heterocycles. The largest absolute Gasteiger partial charge is 0.858 e. The van der Waals surface area contributed by atoms with Crippen molar-refractivity contribution in [1.82, 2.24) is 0 Å². The first kappa shape index (κ1) is 25.2. The summed E-state index contributed by atoms with van der Waals surface area (Å²) >= 11 is 8.91. The van der Waals surface area contributed by atoms with Gasteiger partial charge in [-0.1, -0.05) is 72.3 Å². The van der Waals surface area contributed by atoms with E-state index in [0.717, 1.165) is 38.5 Å². The molecule has 186 valence electrons. The lowest BCUT2D eigenvalue weighted by atomic mass is 10.0. The lowest BCUT2D eigenvalue weighted by Crippen LogP contribution is -2.20. The fourth-order valence-electron chi connectivity index (χ4n) is 3.70. The van der Waals surface area contributed by atoms with Gasteiger partial charge in [-0.25, -0.2) is 0 Å². The summed E-state index contributed by atoms with van der Waals surface area (Å²) in [6.07, 6.45) is 0. The minimum Gasteiger partial charge on any atom is -0.858 e. The average Bonchev–Trinajstić information content (AvgIpc) is 3.62. The molecule has 3 aromatic carbocycles. The summed E-state index contributed by atoms with van der Waals surface area (Å²) in [5, 5.41) is 16.7. The molecule has 0 unspecified atom stereocenters. The molecule has 5 nitrogen and oxygen atoms in total. The van der Waals surface area contributed by atoms with Crippen molar-refractivity contribution in [2.24, 2.45) is 4.40 Å². The highest BCUT2D eigenvalue weighted by Crippen LogP contribution is 2.42. The van der Waals surface area contributed by atoms with Crippen LogP contribution >= 0.6 is 34.3 Å². The van der Waals surface area contributed by atoms with Crippen molar-refractivity contribution >= 4 is 50.2 Å². The van der Waals surface area contributed by atoms with E-state index in [2.05, 4.69) is 4.40 Å². The molecule has 0 N–H and O–H groups in total. The van der Waals surface area contributed by atoms with Gasteiger partial charge in [0, 0.05) is 26.9 Å². The van der Waals surface area contributed by atoms with Crippen LogP contribution in [0.15, 0.2) is 110 Å². The highest BCUT2D eigenvalue weighted by Gasteiger charge is 2.16. The Hall–Kier alpha value is -3.43. The molecule has 0 saturated heterocycles. The van der Waals surface area contributed by atoms with Crippen molar-refractivity contribution in [3.63, 3.8) is 0 Å². The van der Waals surface area contributed by atoms with Gasteiger partial charge in [0.25, 0.3) is 10.0 Å². The first-order valence-corrected chi connectivity index (χ1v) is 14.7. The lowest BCUT2D eigenvalue weighted by molar-refractivity contribution is -0.212. The summed E-state index contributed by atoms with van der Waals surface area (Å²) in [4.78, 5) is 0.967. The van der Waals surface area contributed by atoms with E-state index in [4.69, 9.17) is 16.3 Å². The third kappa shape index (κ3) is 5.78. The normalized spacial score (nSPS) is 12.0. The number of sulfonamides is 1. The maximum atomic E-state index is 12.5. The molecule has 0 amide bonds. The van der Waals surface area contributed by atoms with Crippen molar-refractivity contribution in [2.75, 3.05) is 0 Å². The molecular weight excluding hydrogens is 546 g/mol. The molecule has 5 aromatic rings. The van der Waals surface area contributed by atoms with E-state index in [1.54, 1.807) is 53.1 Å². The summed E-state index contributed by atoms with van der Waals surface area (Å²) in [5.74, 6) is -0.102. The van der Waals surface area contributed by atoms with Crippen LogP contribution in [0.5, 0.6) is 5.75 Å². The summed E-state index contributed by atoms with van der Waals surface area (Å²) in [5.41, 5.74) is 3.92. The van der Waals surface area contributed by atoms with Crippen LogP contribution in [0.1, 0.15) is 11.1 Å². The Morgan fingerprint density at radius 3 is 2.38 bits per heavy atom. The van der Waals surface area contributed by atoms with Gasteiger partial charge in [0.15, 0.2) is 0 Å². The first-order valence-electron chi connectivity index (χ1n) is 11.1. The van der Waals surface area contributed by atoms with Crippen molar-refractivity contribution in [3.05, 3.63) is 118 Å². The number of halogens is 1. The Balaban J connectivity index is 1.43. The molecule has 0 radical (unpaired) electrons. The second-order valence-corrected chi connectivity index (χ2v) is 12.1. The van der Waals surface area contributed by atoms with Gasteiger partial charge < -0.3 is 9.84 Å². The van der Waals surface area contributed by atoms with Gasteiger partial charge in [-0.15, -0.1) is 22.7 Å². The van der Waals surface area contributed by atoms with E-state index in [-0.39, 0.29) is 9.77 Å². The number of ether oxygens (including phenoxy) is 1. The zero-order valence-electron chi connectivity index (χ0n) is 19.2. The molecule has 37 heavy (non-hydrogen) atoms. The number of hydrogen-bond acceptors (Lipinski definition) is 6. The molecule has 0 saturated carbocycles. The van der Waals surface area contributed by atoms with E-state index in [1.165, 1.54) is 6.07 Å². The number of nitrogens with zero attached hydrogens (tertiary/aromatic N) is 1. The van der Waals surface area contributed by atoms with E-state index < -0.39 is 15.9 Å². The molecule has 0 aliphatic heterocycles. The quantitative estimate of drug-likeness (QED) is 0.152. The second kappa shape index (κ2) is 10.9. The van der Waals surface area contributed by atoms with Crippen LogP contribution in [0.2, 0.25) is 5.02 Å². The van der Waals surface area contributed by atoms with Gasteiger partial charge in [-0.2, -0.15) is 12.8 Å². The Morgan fingerprint density at radius 1 is 0.865 bits per heavy atom. The van der Waals surface area contributed by atoms with Crippen LogP contribution < -0.4 is 9.84 Å². The molecule has 0 atom stereocenters. The molecule has 0 fully saturated rings. The van der Waals surface area contributed by atoms with Gasteiger partial charge >= 0.3 is 0 Å². The summed E-state index contributed by atoms with van der Waals surface area (Å²) < 4.78 is 34.3. The minimum absolute atomic E-state index is 0.0347. The van der Waals surface area contributed by atoms with Crippen LogP contribution in [0, 0.1) is 0 Å². The van der Waals surface area contributed by atoms with Gasteiger partial charge in [0.05, 0.1) is 0 Å². The zero-order valence-corrected chi connectivity index (χ0v) is 22.4. The van der Waals surface area contributed by atoms with Crippen molar-refractivity contribution < 1.29 is 18.3 Å². The topological polar surface area (TPSA) is 78.8 Å². The smallest absolute Gasteiger partial charge is 0.291 e. The summed E-state index contributed by atoms with van der Waals surface area (Å²) in [6, 6.07) is 27.2. The number of hydrogen-bond donors (Lipinski definition) is 0. The Morgan fingerprint density at radius 2 is 1.65 bits per heavy atom. The third-order valence-corrected chi connectivity index (χ3v) is 9.31. The summed E-state index contributed by atoms with van der Waals surface area (Å²) in [7, 11) is -4.03. The van der Waals surface area contributed by atoms with Crippen LogP contribution in [0.25, 0.3) is 21.6 Å². The maximum Gasteiger partial charge on any atom is 0.291 e. The van der Waals surface area contributed by atoms with Crippen molar-refractivity contribution in [1.29, 1.82) is 0 Å². The maximum absolute atomic E-state index is 12.5. The molecule has 2 aromatic heterocycles. The van der Waals surface area contributed by atoms with Crippen LogP contribution in [0.4, 0.5) is 0 Å². The molecule has 9 heteroatoms. The van der Waals surface area contributed by atoms with Crippen LogP contribution in [-0.2, 0) is 16.6 Å².